The highest BCUT2D eigenvalue weighted by Gasteiger charge is 2.26. The molecule has 0 amide bonds. The van der Waals surface area contributed by atoms with Crippen molar-refractivity contribution in [1.29, 1.82) is 0 Å². The van der Waals surface area contributed by atoms with Gasteiger partial charge >= 0.3 is 0 Å². The Kier molecular flexibility index (Phi) is 3.13. The zero-order valence-electron chi connectivity index (χ0n) is 10.3. The summed E-state index contributed by atoms with van der Waals surface area (Å²) in [4.78, 5) is 0. The van der Waals surface area contributed by atoms with Gasteiger partial charge in [-0.3, -0.25) is 0 Å². The van der Waals surface area contributed by atoms with Gasteiger partial charge < -0.3 is 10.4 Å². The molecule has 0 heterocycles. The molecule has 92 valence electrons. The third-order valence-corrected chi connectivity index (χ3v) is 3.52. The normalized spacial score (nSPS) is 13.4. The number of nitrogens with one attached hydrogen (secondary N) is 1. The molecule has 1 aliphatic rings. The number of hydrogen-bond donors (Lipinski definition) is 2. The number of fused-ring (bicyclic) bond motifs is 3. The first-order valence-corrected chi connectivity index (χ1v) is 6.44. The second-order valence-electron chi connectivity index (χ2n) is 4.64. The summed E-state index contributed by atoms with van der Waals surface area (Å²) in [6, 6.07) is 17.4. The second kappa shape index (κ2) is 4.92. The fraction of sp³-hybridized carbons (Fsp3) is 0.250. The Morgan fingerprint density at radius 1 is 0.889 bits per heavy atom. The van der Waals surface area contributed by atoms with Crippen LogP contribution < -0.4 is 5.32 Å². The molecule has 0 fully saturated rings. The van der Waals surface area contributed by atoms with Crippen LogP contribution in [0.4, 0.5) is 0 Å². The lowest BCUT2D eigenvalue weighted by Crippen LogP contribution is -2.22. The van der Waals surface area contributed by atoms with Crippen LogP contribution in [0.5, 0.6) is 0 Å². The molecule has 2 heteroatoms. The van der Waals surface area contributed by atoms with Crippen molar-refractivity contribution in [3.63, 3.8) is 0 Å². The average Bonchev–Trinajstić information content (AvgIpc) is 2.74. The van der Waals surface area contributed by atoms with E-state index in [1.807, 2.05) is 0 Å². The van der Waals surface area contributed by atoms with Crippen molar-refractivity contribution in [3.8, 4) is 11.1 Å². The van der Waals surface area contributed by atoms with Crippen LogP contribution in [0, 0.1) is 0 Å². The van der Waals surface area contributed by atoms with Crippen molar-refractivity contribution in [3.05, 3.63) is 59.7 Å². The fourth-order valence-corrected chi connectivity index (χ4v) is 2.70. The highest BCUT2D eigenvalue weighted by atomic mass is 16.3. The molecule has 0 aromatic heterocycles. The Morgan fingerprint density at radius 3 is 2.00 bits per heavy atom. The first-order chi connectivity index (χ1) is 8.92. The minimum Gasteiger partial charge on any atom is -0.396 e. The Morgan fingerprint density at radius 2 is 1.44 bits per heavy atom. The highest BCUT2D eigenvalue weighted by Crippen LogP contribution is 2.42. The summed E-state index contributed by atoms with van der Waals surface area (Å²) >= 11 is 0. The summed E-state index contributed by atoms with van der Waals surface area (Å²) in [6.07, 6.45) is 0.792. The van der Waals surface area contributed by atoms with Crippen LogP contribution in [-0.2, 0) is 0 Å². The Bertz CT molecular complexity index is 505. The molecular weight excluding hydrogens is 222 g/mol. The van der Waals surface area contributed by atoms with Crippen molar-refractivity contribution in [2.45, 2.75) is 12.5 Å². The van der Waals surface area contributed by atoms with Gasteiger partial charge in [-0.2, -0.15) is 0 Å². The summed E-state index contributed by atoms with van der Waals surface area (Å²) in [5.41, 5.74) is 5.34. The molecule has 2 N–H and O–H groups in total. The number of aliphatic hydroxyl groups is 1. The molecule has 0 unspecified atom stereocenters. The minimum atomic E-state index is 0.239. The summed E-state index contributed by atoms with van der Waals surface area (Å²) in [7, 11) is 0. The summed E-state index contributed by atoms with van der Waals surface area (Å²) < 4.78 is 0. The van der Waals surface area contributed by atoms with Crippen LogP contribution in [-0.4, -0.2) is 18.3 Å². The van der Waals surface area contributed by atoms with Crippen molar-refractivity contribution in [2.24, 2.45) is 0 Å². The van der Waals surface area contributed by atoms with Crippen molar-refractivity contribution >= 4 is 0 Å². The molecule has 0 spiro atoms. The number of aliphatic hydroxyl groups excluding tert-OH is 1. The summed E-state index contributed by atoms with van der Waals surface area (Å²) in [5, 5.41) is 12.4. The molecule has 1 aliphatic carbocycles. The fourth-order valence-electron chi connectivity index (χ4n) is 2.70. The lowest BCUT2D eigenvalue weighted by Gasteiger charge is -2.15. The van der Waals surface area contributed by atoms with Gasteiger partial charge in [0, 0.05) is 6.61 Å². The van der Waals surface area contributed by atoms with Crippen molar-refractivity contribution in [1.82, 2.24) is 5.32 Å². The molecule has 0 saturated heterocycles. The monoisotopic (exact) mass is 239 g/mol. The van der Waals surface area contributed by atoms with E-state index in [4.69, 9.17) is 5.11 Å². The van der Waals surface area contributed by atoms with Crippen LogP contribution in [0.25, 0.3) is 11.1 Å². The zero-order chi connectivity index (χ0) is 12.4. The SMILES string of the molecule is OCCCNC1c2ccccc2-c2ccccc21. The summed E-state index contributed by atoms with van der Waals surface area (Å²) in [6.45, 7) is 1.08. The molecule has 3 rings (SSSR count). The first-order valence-electron chi connectivity index (χ1n) is 6.44. The van der Waals surface area contributed by atoms with E-state index < -0.39 is 0 Å². The predicted octanol–water partition coefficient (Wildman–Crippen LogP) is 2.73. The van der Waals surface area contributed by atoms with Crippen LogP contribution in [0.15, 0.2) is 48.5 Å². The van der Waals surface area contributed by atoms with Crippen molar-refractivity contribution in [2.75, 3.05) is 13.2 Å². The van der Waals surface area contributed by atoms with E-state index in [0.29, 0.717) is 0 Å². The van der Waals surface area contributed by atoms with Gasteiger partial charge in [0.15, 0.2) is 0 Å². The van der Waals surface area contributed by atoms with E-state index in [-0.39, 0.29) is 12.6 Å². The molecule has 0 atom stereocenters. The van der Waals surface area contributed by atoms with E-state index in [2.05, 4.69) is 53.8 Å². The van der Waals surface area contributed by atoms with Gasteiger partial charge in [0.05, 0.1) is 6.04 Å². The first kappa shape index (κ1) is 11.5. The molecule has 2 nitrogen and oxygen atoms in total. The maximum Gasteiger partial charge on any atom is 0.0588 e. The quantitative estimate of drug-likeness (QED) is 0.804. The van der Waals surface area contributed by atoms with Crippen molar-refractivity contribution < 1.29 is 5.11 Å². The molecular formula is C16H17NO. The van der Waals surface area contributed by atoms with E-state index >= 15 is 0 Å². The van der Waals surface area contributed by atoms with Gasteiger partial charge in [0.1, 0.15) is 0 Å². The zero-order valence-corrected chi connectivity index (χ0v) is 10.3. The van der Waals surface area contributed by atoms with E-state index in [1.165, 1.54) is 22.3 Å². The highest BCUT2D eigenvalue weighted by molar-refractivity contribution is 5.78. The van der Waals surface area contributed by atoms with Gasteiger partial charge in [0.2, 0.25) is 0 Å². The molecule has 18 heavy (non-hydrogen) atoms. The van der Waals surface area contributed by atoms with E-state index in [0.717, 1.165) is 13.0 Å². The van der Waals surface area contributed by atoms with Gasteiger partial charge in [-0.05, 0) is 35.2 Å². The third kappa shape index (κ3) is 1.84. The van der Waals surface area contributed by atoms with Gasteiger partial charge in [0.25, 0.3) is 0 Å². The maximum absolute atomic E-state index is 8.89. The predicted molar refractivity (Wildman–Crippen MR) is 73.4 cm³/mol. The lowest BCUT2D eigenvalue weighted by molar-refractivity contribution is 0.284. The molecule has 2 aromatic rings. The second-order valence-corrected chi connectivity index (χ2v) is 4.64. The van der Waals surface area contributed by atoms with Crippen LogP contribution in [0.2, 0.25) is 0 Å². The Hall–Kier alpha value is -1.64. The van der Waals surface area contributed by atoms with Gasteiger partial charge in [-0.15, -0.1) is 0 Å². The topological polar surface area (TPSA) is 32.3 Å². The van der Waals surface area contributed by atoms with E-state index in [1.54, 1.807) is 0 Å². The smallest absolute Gasteiger partial charge is 0.0588 e. The Labute approximate surface area is 107 Å². The number of rotatable bonds is 4. The van der Waals surface area contributed by atoms with Crippen LogP contribution >= 0.6 is 0 Å². The van der Waals surface area contributed by atoms with Gasteiger partial charge in [-0.25, -0.2) is 0 Å². The lowest BCUT2D eigenvalue weighted by atomic mass is 10.1. The van der Waals surface area contributed by atoms with Gasteiger partial charge in [-0.1, -0.05) is 48.5 Å². The van der Waals surface area contributed by atoms with Crippen LogP contribution in [0.3, 0.4) is 0 Å². The number of benzene rings is 2. The summed E-state index contributed by atoms with van der Waals surface area (Å²) in [5.74, 6) is 0. The molecule has 0 radical (unpaired) electrons. The van der Waals surface area contributed by atoms with E-state index in [9.17, 15) is 0 Å². The Balaban J connectivity index is 1.98. The molecule has 0 saturated carbocycles. The molecule has 2 aromatic carbocycles. The number of hydrogen-bond acceptors (Lipinski definition) is 2. The minimum absolute atomic E-state index is 0.239. The van der Waals surface area contributed by atoms with Crippen LogP contribution in [0.1, 0.15) is 23.6 Å². The largest absolute Gasteiger partial charge is 0.396 e. The maximum atomic E-state index is 8.89. The third-order valence-electron chi connectivity index (χ3n) is 3.52. The molecule has 0 aliphatic heterocycles. The molecule has 0 bridgehead atoms. The standard InChI is InChI=1S/C16H17NO/c18-11-5-10-17-16-14-8-3-1-6-12(14)13-7-2-4-9-15(13)16/h1-4,6-9,16-18H,5,10-11H2. The average molecular weight is 239 g/mol.